The Morgan fingerprint density at radius 1 is 1.14 bits per heavy atom. The Hall–Kier alpha value is -4.42. The summed E-state index contributed by atoms with van der Waals surface area (Å²) < 4.78 is 40.2. The van der Waals surface area contributed by atoms with E-state index < -0.39 is 17.6 Å². The number of nitrogens with two attached hydrogens (primary N) is 1. The number of halogens is 3. The number of benzene rings is 1. The highest BCUT2D eigenvalue weighted by Gasteiger charge is 2.30. The maximum Gasteiger partial charge on any atom is 0.416 e. The SMILES string of the molecule is C=CC(=O)N1CCC[C@@H](n2cc(Nc3ncc(C(N)=O)c(Nc4ccc(C(F)(F)F)cc4)n3)cn2)C1. The number of hydrogen-bond donors (Lipinski definition) is 3. The summed E-state index contributed by atoms with van der Waals surface area (Å²) in [6.07, 6.45) is 3.06. The lowest BCUT2D eigenvalue weighted by atomic mass is 10.1. The van der Waals surface area contributed by atoms with Crippen molar-refractivity contribution in [1.29, 1.82) is 0 Å². The van der Waals surface area contributed by atoms with Crippen molar-refractivity contribution in [1.82, 2.24) is 24.6 Å². The van der Waals surface area contributed by atoms with Crippen LogP contribution in [0.4, 0.5) is 36.3 Å². The van der Waals surface area contributed by atoms with Gasteiger partial charge in [-0.2, -0.15) is 23.3 Å². The molecule has 0 spiro atoms. The van der Waals surface area contributed by atoms with Crippen molar-refractivity contribution in [2.75, 3.05) is 23.7 Å². The van der Waals surface area contributed by atoms with Gasteiger partial charge < -0.3 is 21.3 Å². The molecule has 0 aliphatic carbocycles. The number of hydrogen-bond acceptors (Lipinski definition) is 7. The molecule has 1 atom stereocenters. The van der Waals surface area contributed by atoms with Gasteiger partial charge in [0.05, 0.1) is 23.5 Å². The van der Waals surface area contributed by atoms with Crippen LogP contribution in [0.2, 0.25) is 0 Å². The Labute approximate surface area is 204 Å². The van der Waals surface area contributed by atoms with E-state index in [0.717, 1.165) is 25.0 Å². The molecule has 10 nitrogen and oxygen atoms in total. The number of piperidine rings is 1. The molecule has 4 rings (SSSR count). The minimum Gasteiger partial charge on any atom is -0.365 e. The first kappa shape index (κ1) is 24.7. The van der Waals surface area contributed by atoms with E-state index in [1.807, 2.05) is 0 Å². The second kappa shape index (κ2) is 10.1. The second-order valence-electron chi connectivity index (χ2n) is 8.14. The van der Waals surface area contributed by atoms with Crippen molar-refractivity contribution in [3.63, 3.8) is 0 Å². The molecule has 4 N–H and O–H groups in total. The Balaban J connectivity index is 1.50. The van der Waals surface area contributed by atoms with Crippen molar-refractivity contribution in [2.24, 2.45) is 5.73 Å². The van der Waals surface area contributed by atoms with Gasteiger partial charge in [-0.1, -0.05) is 6.58 Å². The average molecular weight is 500 g/mol. The van der Waals surface area contributed by atoms with Gasteiger partial charge in [-0.05, 0) is 43.2 Å². The van der Waals surface area contributed by atoms with Gasteiger partial charge in [0.25, 0.3) is 5.91 Å². The third kappa shape index (κ3) is 5.62. The first-order valence-electron chi connectivity index (χ1n) is 11.0. The molecule has 1 saturated heterocycles. The number of carbonyl (C=O) groups excluding carboxylic acids is 2. The molecule has 1 aliphatic rings. The fraction of sp³-hybridized carbons (Fsp3) is 0.261. The lowest BCUT2D eigenvalue weighted by molar-refractivity contribution is -0.137. The van der Waals surface area contributed by atoms with Crippen molar-refractivity contribution < 1.29 is 22.8 Å². The standard InChI is InChI=1S/C23H23F3N8O2/c1-2-19(35)33-9-3-4-17(13-33)34-12-16(10-29-34)31-22-28-11-18(20(27)36)21(32-22)30-15-7-5-14(6-8-15)23(24,25)26/h2,5-8,10-12,17H,1,3-4,9,13H2,(H2,27,36)(H2,28,30,31,32)/t17-/m1/s1. The van der Waals surface area contributed by atoms with Crippen LogP contribution in [0.25, 0.3) is 0 Å². The summed E-state index contributed by atoms with van der Waals surface area (Å²) in [4.78, 5) is 33.9. The molecule has 0 bridgehead atoms. The normalized spacial score (nSPS) is 15.9. The second-order valence-corrected chi connectivity index (χ2v) is 8.14. The van der Waals surface area contributed by atoms with Crippen molar-refractivity contribution in [3.8, 4) is 0 Å². The smallest absolute Gasteiger partial charge is 0.365 e. The fourth-order valence-corrected chi connectivity index (χ4v) is 3.83. The monoisotopic (exact) mass is 500 g/mol. The number of nitrogens with one attached hydrogen (secondary N) is 2. The molecule has 0 saturated carbocycles. The van der Waals surface area contributed by atoms with Crippen LogP contribution in [0.3, 0.4) is 0 Å². The van der Waals surface area contributed by atoms with E-state index in [2.05, 4.69) is 32.3 Å². The molecule has 1 fully saturated rings. The third-order valence-corrected chi connectivity index (χ3v) is 5.64. The van der Waals surface area contributed by atoms with Gasteiger partial charge in [-0.15, -0.1) is 0 Å². The third-order valence-electron chi connectivity index (χ3n) is 5.64. The maximum absolute atomic E-state index is 12.8. The maximum atomic E-state index is 12.8. The molecule has 188 valence electrons. The van der Waals surface area contributed by atoms with E-state index in [-0.39, 0.29) is 35.0 Å². The molecule has 1 aromatic carbocycles. The van der Waals surface area contributed by atoms with Crippen molar-refractivity contribution in [2.45, 2.75) is 25.1 Å². The number of carbonyl (C=O) groups is 2. The first-order valence-corrected chi connectivity index (χ1v) is 11.0. The Morgan fingerprint density at radius 3 is 2.56 bits per heavy atom. The van der Waals surface area contributed by atoms with Crippen LogP contribution in [0.5, 0.6) is 0 Å². The lowest BCUT2D eigenvalue weighted by Gasteiger charge is -2.32. The Kier molecular flexibility index (Phi) is 6.90. The van der Waals surface area contributed by atoms with E-state index in [9.17, 15) is 22.8 Å². The van der Waals surface area contributed by atoms with Crippen molar-refractivity contribution in [3.05, 3.63) is 66.6 Å². The number of alkyl halides is 3. The average Bonchev–Trinajstić information content (AvgIpc) is 3.32. The zero-order chi connectivity index (χ0) is 25.9. The van der Waals surface area contributed by atoms with Gasteiger partial charge in [0.2, 0.25) is 11.9 Å². The quantitative estimate of drug-likeness (QED) is 0.422. The van der Waals surface area contributed by atoms with Gasteiger partial charge in [0.15, 0.2) is 0 Å². The molecular formula is C23H23F3N8O2. The van der Waals surface area contributed by atoms with Crippen LogP contribution in [0.15, 0.2) is 55.5 Å². The molecule has 2 aromatic heterocycles. The number of likely N-dealkylation sites (tertiary alicyclic amines) is 1. The molecule has 0 radical (unpaired) electrons. The molecule has 3 heterocycles. The van der Waals surface area contributed by atoms with Crippen LogP contribution in [-0.2, 0) is 11.0 Å². The summed E-state index contributed by atoms with van der Waals surface area (Å²) in [7, 11) is 0. The van der Waals surface area contributed by atoms with Crippen LogP contribution in [0.1, 0.15) is 34.8 Å². The van der Waals surface area contributed by atoms with Gasteiger partial charge in [-0.3, -0.25) is 14.3 Å². The minimum atomic E-state index is -4.47. The molecule has 3 aromatic rings. The van der Waals surface area contributed by atoms with E-state index in [1.165, 1.54) is 24.4 Å². The first-order chi connectivity index (χ1) is 17.1. The van der Waals surface area contributed by atoms with Crippen molar-refractivity contribution >= 4 is 35.0 Å². The van der Waals surface area contributed by atoms with Gasteiger partial charge in [0.1, 0.15) is 11.4 Å². The number of rotatable bonds is 7. The number of anilines is 4. The van der Waals surface area contributed by atoms with Crippen LogP contribution in [-0.4, -0.2) is 49.6 Å². The number of nitrogens with zero attached hydrogens (tertiary/aromatic N) is 5. The minimum absolute atomic E-state index is 0.00625. The molecule has 0 unspecified atom stereocenters. The Morgan fingerprint density at radius 2 is 1.89 bits per heavy atom. The molecule has 2 amide bonds. The topological polar surface area (TPSA) is 131 Å². The van der Waals surface area contributed by atoms with Crippen LogP contribution >= 0.6 is 0 Å². The summed E-state index contributed by atoms with van der Waals surface area (Å²) in [5, 5.41) is 10.2. The highest BCUT2D eigenvalue weighted by molar-refractivity contribution is 5.98. The van der Waals surface area contributed by atoms with Gasteiger partial charge in [-0.25, -0.2) is 4.98 Å². The number of primary amides is 1. The Bertz CT molecular complexity index is 1270. The summed E-state index contributed by atoms with van der Waals surface area (Å²) in [5.74, 6) is -0.792. The predicted molar refractivity (Wildman–Crippen MR) is 126 cm³/mol. The van der Waals surface area contributed by atoms with E-state index in [4.69, 9.17) is 5.73 Å². The van der Waals surface area contributed by atoms with E-state index in [1.54, 1.807) is 22.0 Å². The lowest BCUT2D eigenvalue weighted by Crippen LogP contribution is -2.39. The van der Waals surface area contributed by atoms with Gasteiger partial charge in [0, 0.05) is 31.2 Å². The number of aromatic nitrogens is 4. The van der Waals surface area contributed by atoms with E-state index in [0.29, 0.717) is 18.8 Å². The zero-order valence-electron chi connectivity index (χ0n) is 19.0. The molecule has 36 heavy (non-hydrogen) atoms. The highest BCUT2D eigenvalue weighted by Crippen LogP contribution is 2.31. The van der Waals surface area contributed by atoms with Crippen LogP contribution < -0.4 is 16.4 Å². The molecule has 13 heteroatoms. The number of amides is 2. The van der Waals surface area contributed by atoms with Crippen LogP contribution in [0, 0.1) is 0 Å². The largest absolute Gasteiger partial charge is 0.416 e. The molecular weight excluding hydrogens is 477 g/mol. The predicted octanol–water partition coefficient (Wildman–Crippen LogP) is 3.63. The summed E-state index contributed by atoms with van der Waals surface area (Å²) in [6.45, 7) is 4.71. The van der Waals surface area contributed by atoms with Gasteiger partial charge >= 0.3 is 6.18 Å². The summed E-state index contributed by atoms with van der Waals surface area (Å²) in [6, 6.07) is 4.26. The fourth-order valence-electron chi connectivity index (χ4n) is 3.83. The summed E-state index contributed by atoms with van der Waals surface area (Å²) in [5.41, 5.74) is 5.40. The summed E-state index contributed by atoms with van der Waals surface area (Å²) >= 11 is 0. The highest BCUT2D eigenvalue weighted by atomic mass is 19.4. The zero-order valence-corrected chi connectivity index (χ0v) is 19.0. The van der Waals surface area contributed by atoms with E-state index >= 15 is 0 Å². The molecule has 1 aliphatic heterocycles.